The molecule has 0 aliphatic heterocycles. The number of hydrogen-bond donors (Lipinski definition) is 1. The van der Waals surface area contributed by atoms with Crippen molar-refractivity contribution >= 4 is 17.7 Å². The van der Waals surface area contributed by atoms with Gasteiger partial charge in [-0.3, -0.25) is 4.79 Å². The molecule has 0 aromatic carbocycles. The topological polar surface area (TPSA) is 55.1 Å². The fourth-order valence-electron chi connectivity index (χ4n) is 0.904. The Balaban J connectivity index is 2.35. The molecule has 1 aromatic rings. The highest BCUT2D eigenvalue weighted by molar-refractivity contribution is 7.99. The summed E-state index contributed by atoms with van der Waals surface area (Å²) in [6.45, 7) is 3.79. The van der Waals surface area contributed by atoms with Crippen LogP contribution >= 0.6 is 11.8 Å². The number of carbonyl (C=O) groups excluding carboxylic acids is 1. The summed E-state index contributed by atoms with van der Waals surface area (Å²) in [5, 5.41) is 2.56. The van der Waals surface area contributed by atoms with Crippen LogP contribution in [0.4, 0.5) is 0 Å². The zero-order chi connectivity index (χ0) is 10.6. The summed E-state index contributed by atoms with van der Waals surface area (Å²) in [4.78, 5) is 15.1. The number of nitrogens with one attached hydrogen (secondary N) is 1. The van der Waals surface area contributed by atoms with E-state index < -0.39 is 0 Å². The first-order chi connectivity index (χ1) is 6.63. The average Bonchev–Trinajstić information content (AvgIpc) is 2.46. The maximum Gasteiger partial charge on any atom is 0.229 e. The summed E-state index contributed by atoms with van der Waals surface area (Å²) in [7, 11) is 1.63. The quantitative estimate of drug-likeness (QED) is 0.820. The van der Waals surface area contributed by atoms with Crippen LogP contribution in [0.15, 0.2) is 4.42 Å². The summed E-state index contributed by atoms with van der Waals surface area (Å²) in [6, 6.07) is 0. The van der Waals surface area contributed by atoms with Crippen molar-refractivity contribution < 1.29 is 9.21 Å². The number of amides is 1. The molecule has 4 nitrogen and oxygen atoms in total. The summed E-state index contributed by atoms with van der Waals surface area (Å²) >= 11 is 1.49. The molecule has 14 heavy (non-hydrogen) atoms. The maximum absolute atomic E-state index is 10.9. The van der Waals surface area contributed by atoms with Crippen molar-refractivity contribution in [1.82, 2.24) is 10.3 Å². The molecule has 5 heteroatoms. The smallest absolute Gasteiger partial charge is 0.229 e. The second-order valence-corrected chi connectivity index (χ2v) is 3.90. The van der Waals surface area contributed by atoms with Crippen molar-refractivity contribution in [3.63, 3.8) is 0 Å². The van der Waals surface area contributed by atoms with Crippen molar-refractivity contribution in [2.45, 2.75) is 19.6 Å². The Morgan fingerprint density at radius 2 is 2.29 bits per heavy atom. The van der Waals surface area contributed by atoms with Gasteiger partial charge in [0.05, 0.1) is 17.2 Å². The molecule has 0 saturated carbocycles. The van der Waals surface area contributed by atoms with Gasteiger partial charge in [0, 0.05) is 7.05 Å². The van der Waals surface area contributed by atoms with E-state index in [0.717, 1.165) is 11.5 Å². The van der Waals surface area contributed by atoms with Gasteiger partial charge in [-0.15, -0.1) is 11.8 Å². The summed E-state index contributed by atoms with van der Waals surface area (Å²) in [5.74, 6) is 2.64. The van der Waals surface area contributed by atoms with Crippen LogP contribution in [0.3, 0.4) is 0 Å². The number of oxazole rings is 1. The second kappa shape index (κ2) is 5.05. The third-order valence-electron chi connectivity index (χ3n) is 1.81. The first kappa shape index (κ1) is 11.1. The Kier molecular flexibility index (Phi) is 4.00. The largest absolute Gasteiger partial charge is 0.445 e. The molecular weight excluding hydrogens is 200 g/mol. The number of aromatic nitrogens is 1. The fourth-order valence-corrected chi connectivity index (χ4v) is 1.63. The van der Waals surface area contributed by atoms with Crippen LogP contribution in [-0.2, 0) is 10.5 Å². The van der Waals surface area contributed by atoms with Gasteiger partial charge in [0.25, 0.3) is 0 Å². The van der Waals surface area contributed by atoms with E-state index in [1.165, 1.54) is 11.8 Å². The number of rotatable bonds is 4. The Morgan fingerprint density at radius 3 is 2.79 bits per heavy atom. The molecule has 1 N–H and O–H groups in total. The predicted molar refractivity (Wildman–Crippen MR) is 56.2 cm³/mol. The Labute approximate surface area is 87.5 Å². The normalized spacial score (nSPS) is 10.2. The van der Waals surface area contributed by atoms with Gasteiger partial charge < -0.3 is 9.73 Å². The Bertz CT molecular complexity index is 303. The maximum atomic E-state index is 10.9. The lowest BCUT2D eigenvalue weighted by molar-refractivity contribution is -0.118. The minimum absolute atomic E-state index is 0.0231. The van der Waals surface area contributed by atoms with E-state index in [2.05, 4.69) is 10.3 Å². The number of hydrogen-bond acceptors (Lipinski definition) is 4. The lowest BCUT2D eigenvalue weighted by Crippen LogP contribution is -2.19. The summed E-state index contributed by atoms with van der Waals surface area (Å²) in [6.07, 6.45) is 0. The first-order valence-electron chi connectivity index (χ1n) is 4.34. The summed E-state index contributed by atoms with van der Waals surface area (Å²) in [5.41, 5.74) is 0.917. The highest BCUT2D eigenvalue weighted by Crippen LogP contribution is 2.14. The molecular formula is C9H14N2O2S. The first-order valence-corrected chi connectivity index (χ1v) is 5.50. The van der Waals surface area contributed by atoms with Crippen molar-refractivity contribution in [3.05, 3.63) is 17.3 Å². The molecule has 0 aliphatic carbocycles. The summed E-state index contributed by atoms with van der Waals surface area (Å²) < 4.78 is 5.37. The molecule has 1 rings (SSSR count). The molecule has 1 heterocycles. The Hall–Kier alpha value is -0.970. The van der Waals surface area contributed by atoms with Crippen LogP contribution in [0.5, 0.6) is 0 Å². The van der Waals surface area contributed by atoms with Gasteiger partial charge in [-0.05, 0) is 13.8 Å². The molecule has 1 aromatic heterocycles. The SMILES string of the molecule is CNC(=O)CSCc1nc(C)c(C)o1. The van der Waals surface area contributed by atoms with E-state index >= 15 is 0 Å². The average molecular weight is 214 g/mol. The molecule has 1 amide bonds. The lowest BCUT2D eigenvalue weighted by Gasteiger charge is -1.96. The van der Waals surface area contributed by atoms with Crippen LogP contribution in [0.2, 0.25) is 0 Å². The van der Waals surface area contributed by atoms with E-state index in [9.17, 15) is 4.79 Å². The minimum Gasteiger partial charge on any atom is -0.445 e. The predicted octanol–water partition coefficient (Wildman–Crippen LogP) is 1.27. The van der Waals surface area contributed by atoms with E-state index in [0.29, 0.717) is 17.4 Å². The Morgan fingerprint density at radius 1 is 1.57 bits per heavy atom. The standard InChI is InChI=1S/C9H14N2O2S/c1-6-7(2)13-9(11-6)5-14-4-8(12)10-3/h4-5H2,1-3H3,(H,10,12). The van der Waals surface area contributed by atoms with Gasteiger partial charge in [0.2, 0.25) is 11.8 Å². The van der Waals surface area contributed by atoms with E-state index in [-0.39, 0.29) is 5.91 Å². The molecule has 78 valence electrons. The zero-order valence-corrected chi connectivity index (χ0v) is 9.40. The number of aryl methyl sites for hydroxylation is 2. The van der Waals surface area contributed by atoms with Gasteiger partial charge in [0.15, 0.2) is 0 Å². The number of nitrogens with zero attached hydrogens (tertiary/aromatic N) is 1. The molecule has 0 radical (unpaired) electrons. The van der Waals surface area contributed by atoms with Gasteiger partial charge in [-0.25, -0.2) is 4.98 Å². The van der Waals surface area contributed by atoms with Gasteiger partial charge >= 0.3 is 0 Å². The van der Waals surface area contributed by atoms with Gasteiger partial charge in [0.1, 0.15) is 5.76 Å². The van der Waals surface area contributed by atoms with Crippen molar-refractivity contribution in [1.29, 1.82) is 0 Å². The second-order valence-electron chi connectivity index (χ2n) is 2.92. The molecule has 0 saturated heterocycles. The van der Waals surface area contributed by atoms with E-state index in [1.807, 2.05) is 13.8 Å². The van der Waals surface area contributed by atoms with E-state index in [1.54, 1.807) is 7.05 Å². The molecule has 0 atom stereocenters. The van der Waals surface area contributed by atoms with Crippen LogP contribution in [0.25, 0.3) is 0 Å². The third-order valence-corrected chi connectivity index (χ3v) is 2.73. The van der Waals surface area contributed by atoms with Crippen molar-refractivity contribution in [2.24, 2.45) is 0 Å². The van der Waals surface area contributed by atoms with Crippen LogP contribution in [0.1, 0.15) is 17.3 Å². The van der Waals surface area contributed by atoms with Gasteiger partial charge in [-0.2, -0.15) is 0 Å². The van der Waals surface area contributed by atoms with Crippen LogP contribution in [0, 0.1) is 13.8 Å². The molecule has 0 bridgehead atoms. The lowest BCUT2D eigenvalue weighted by atomic mass is 10.4. The molecule has 0 aliphatic rings. The molecule has 0 fully saturated rings. The monoisotopic (exact) mass is 214 g/mol. The van der Waals surface area contributed by atoms with Crippen LogP contribution in [-0.4, -0.2) is 23.7 Å². The fraction of sp³-hybridized carbons (Fsp3) is 0.556. The van der Waals surface area contributed by atoms with E-state index in [4.69, 9.17) is 4.42 Å². The molecule has 0 unspecified atom stereocenters. The van der Waals surface area contributed by atoms with Crippen molar-refractivity contribution in [2.75, 3.05) is 12.8 Å². The highest BCUT2D eigenvalue weighted by Gasteiger charge is 2.06. The van der Waals surface area contributed by atoms with Crippen LogP contribution < -0.4 is 5.32 Å². The van der Waals surface area contributed by atoms with Crippen molar-refractivity contribution in [3.8, 4) is 0 Å². The number of thioether (sulfide) groups is 1. The third kappa shape index (κ3) is 3.06. The number of carbonyl (C=O) groups is 1. The minimum atomic E-state index is 0.0231. The van der Waals surface area contributed by atoms with Gasteiger partial charge in [-0.1, -0.05) is 0 Å². The zero-order valence-electron chi connectivity index (χ0n) is 8.59. The molecule has 0 spiro atoms. The highest BCUT2D eigenvalue weighted by atomic mass is 32.2.